The third kappa shape index (κ3) is 6.80. The van der Waals surface area contributed by atoms with E-state index in [1.165, 1.54) is 0 Å². The summed E-state index contributed by atoms with van der Waals surface area (Å²) in [6.45, 7) is -0.538. The second kappa shape index (κ2) is 12.1. The van der Waals surface area contributed by atoms with Gasteiger partial charge in [-0.15, -0.1) is 0 Å². The number of rotatable bonds is 8. The van der Waals surface area contributed by atoms with Crippen LogP contribution < -0.4 is 10.6 Å². The van der Waals surface area contributed by atoms with Gasteiger partial charge >= 0.3 is 24.3 Å². The zero-order valence-electron chi connectivity index (χ0n) is 22.1. The number of fused-ring (bicyclic) bond motifs is 1. The highest BCUT2D eigenvalue weighted by Gasteiger charge is 2.31. The highest BCUT2D eigenvalue weighted by atomic mass is 19.4. The van der Waals surface area contributed by atoms with Crippen molar-refractivity contribution in [2.24, 2.45) is 0 Å². The summed E-state index contributed by atoms with van der Waals surface area (Å²) >= 11 is 0. The van der Waals surface area contributed by atoms with E-state index in [1.807, 2.05) is 0 Å². The van der Waals surface area contributed by atoms with Crippen LogP contribution in [0.1, 0.15) is 63.7 Å². The highest BCUT2D eigenvalue weighted by molar-refractivity contribution is 6.23. The van der Waals surface area contributed by atoms with Crippen molar-refractivity contribution >= 4 is 34.5 Å². The maximum absolute atomic E-state index is 13.2. The average Bonchev–Trinajstić information content (AvgIpc) is 2.96. The molecule has 0 aliphatic carbocycles. The van der Waals surface area contributed by atoms with Gasteiger partial charge in [-0.3, -0.25) is 9.59 Å². The molecule has 0 aliphatic rings. The topological polar surface area (TPSA) is 133 Å². The van der Waals surface area contributed by atoms with Crippen molar-refractivity contribution in [1.29, 1.82) is 0 Å². The Morgan fingerprint density at radius 2 is 0.795 bits per heavy atom. The second-order valence-corrected chi connectivity index (χ2v) is 9.44. The van der Waals surface area contributed by atoms with Crippen molar-refractivity contribution in [1.82, 2.24) is 10.6 Å². The van der Waals surface area contributed by atoms with Crippen molar-refractivity contribution in [3.8, 4) is 0 Å². The smallest absolute Gasteiger partial charge is 0.416 e. The van der Waals surface area contributed by atoms with Crippen LogP contribution in [0.2, 0.25) is 0 Å². The lowest BCUT2D eigenvalue weighted by Gasteiger charge is -2.16. The summed E-state index contributed by atoms with van der Waals surface area (Å²) in [4.78, 5) is 50.6. The molecule has 4 rings (SSSR count). The molecule has 0 radical (unpaired) electrons. The Labute approximate surface area is 243 Å². The lowest BCUT2D eigenvalue weighted by atomic mass is 9.90. The van der Waals surface area contributed by atoms with Gasteiger partial charge in [0.25, 0.3) is 11.8 Å². The molecule has 0 fully saturated rings. The fourth-order valence-corrected chi connectivity index (χ4v) is 4.41. The molecule has 228 valence electrons. The first-order valence-corrected chi connectivity index (χ1v) is 12.5. The first-order valence-electron chi connectivity index (χ1n) is 12.5. The molecule has 0 heterocycles. The summed E-state index contributed by atoms with van der Waals surface area (Å²) in [5.74, 6) is -4.91. The van der Waals surface area contributed by atoms with Gasteiger partial charge in [-0.25, -0.2) is 9.59 Å². The Morgan fingerprint density at radius 3 is 1.07 bits per heavy atom. The van der Waals surface area contributed by atoms with Gasteiger partial charge in [0.05, 0.1) is 22.3 Å². The SMILES string of the molecule is O=C(O)c1ccc(C(=O)O)c2c(C(=O)NCc3ccc(C(F)(F)F)cc3)ccc(C(=O)NCc3ccc(C(F)(F)F)cc3)c12. The number of carboxylic acids is 2. The van der Waals surface area contributed by atoms with Crippen molar-refractivity contribution in [2.45, 2.75) is 25.4 Å². The predicted molar refractivity (Wildman–Crippen MR) is 143 cm³/mol. The summed E-state index contributed by atoms with van der Waals surface area (Å²) in [5, 5.41) is 23.8. The molecular weight excluding hydrogens is 598 g/mol. The molecule has 0 unspecified atom stereocenters. The fraction of sp³-hybridized carbons (Fsp3) is 0.133. The summed E-state index contributed by atoms with van der Waals surface area (Å²) in [6.07, 6.45) is -9.14. The monoisotopic (exact) mass is 618 g/mol. The number of benzene rings is 4. The molecule has 8 nitrogen and oxygen atoms in total. The molecule has 0 bridgehead atoms. The zero-order chi connectivity index (χ0) is 32.4. The van der Waals surface area contributed by atoms with E-state index in [0.717, 1.165) is 72.8 Å². The van der Waals surface area contributed by atoms with Crippen LogP contribution >= 0.6 is 0 Å². The first kappa shape index (κ1) is 31.5. The van der Waals surface area contributed by atoms with E-state index in [1.54, 1.807) is 0 Å². The maximum Gasteiger partial charge on any atom is 0.416 e. The van der Waals surface area contributed by atoms with Gasteiger partial charge in [-0.05, 0) is 59.7 Å². The molecule has 0 saturated heterocycles. The number of carboxylic acid groups (broad SMARTS) is 2. The lowest BCUT2D eigenvalue weighted by Crippen LogP contribution is -2.26. The largest absolute Gasteiger partial charge is 0.478 e. The van der Waals surface area contributed by atoms with Crippen LogP contribution in [0.4, 0.5) is 26.3 Å². The van der Waals surface area contributed by atoms with Crippen LogP contribution in [0.25, 0.3) is 10.8 Å². The number of nitrogens with one attached hydrogen (secondary N) is 2. The van der Waals surface area contributed by atoms with Crippen LogP contribution in [-0.2, 0) is 25.4 Å². The van der Waals surface area contributed by atoms with Crippen molar-refractivity contribution in [2.75, 3.05) is 0 Å². The summed E-state index contributed by atoms with van der Waals surface area (Å²) in [7, 11) is 0. The van der Waals surface area contributed by atoms with E-state index in [9.17, 15) is 55.7 Å². The van der Waals surface area contributed by atoms with Gasteiger partial charge in [0.2, 0.25) is 0 Å². The van der Waals surface area contributed by atoms with Gasteiger partial charge in [0.15, 0.2) is 0 Å². The van der Waals surface area contributed by atoms with E-state index in [0.29, 0.717) is 0 Å². The van der Waals surface area contributed by atoms with Crippen LogP contribution in [0.15, 0.2) is 72.8 Å². The van der Waals surface area contributed by atoms with E-state index >= 15 is 0 Å². The van der Waals surface area contributed by atoms with Gasteiger partial charge in [0, 0.05) is 35.0 Å². The quantitative estimate of drug-likeness (QED) is 0.176. The third-order valence-electron chi connectivity index (χ3n) is 6.58. The molecule has 0 saturated carbocycles. The van der Waals surface area contributed by atoms with Gasteiger partial charge in [-0.1, -0.05) is 24.3 Å². The highest BCUT2D eigenvalue weighted by Crippen LogP contribution is 2.32. The van der Waals surface area contributed by atoms with E-state index < -0.39 is 58.4 Å². The number of alkyl halides is 6. The Kier molecular flexibility index (Phi) is 8.65. The molecular formula is C30H20F6N2O6. The summed E-state index contributed by atoms with van der Waals surface area (Å²) < 4.78 is 77.1. The molecule has 0 aliphatic heterocycles. The predicted octanol–water partition coefficient (Wildman–Crippen LogP) is 6.13. The number of aromatic carboxylic acids is 2. The Morgan fingerprint density at radius 1 is 0.500 bits per heavy atom. The van der Waals surface area contributed by atoms with Gasteiger partial charge < -0.3 is 20.8 Å². The third-order valence-corrected chi connectivity index (χ3v) is 6.58. The van der Waals surface area contributed by atoms with E-state index in [2.05, 4.69) is 10.6 Å². The van der Waals surface area contributed by atoms with Crippen molar-refractivity contribution < 1.29 is 55.7 Å². The molecule has 0 atom stereocenters. The molecule has 44 heavy (non-hydrogen) atoms. The minimum absolute atomic E-state index is 0.269. The molecule has 4 N–H and O–H groups in total. The average molecular weight is 618 g/mol. The molecule has 14 heteroatoms. The first-order chi connectivity index (χ1) is 20.6. The number of hydrogen-bond donors (Lipinski definition) is 4. The van der Waals surface area contributed by atoms with Gasteiger partial charge in [-0.2, -0.15) is 26.3 Å². The minimum atomic E-state index is -4.57. The molecule has 0 spiro atoms. The summed E-state index contributed by atoms with van der Waals surface area (Å²) in [6, 6.07) is 11.9. The molecule has 2 amide bonds. The molecule has 4 aromatic rings. The number of carbonyl (C=O) groups is 4. The minimum Gasteiger partial charge on any atom is -0.478 e. The standard InChI is InChI=1S/C30H20F6N2O6/c31-29(32,33)17-5-1-15(2-6-17)13-37-25(39)19-9-10-20(24-22(28(43)44)12-11-21(23(19)24)27(41)42)26(40)38-14-16-3-7-18(8-4-16)30(34,35)36/h1-12H,13-14H2,(H,37,39)(H,38,40)(H,41,42)(H,43,44). The number of carbonyl (C=O) groups excluding carboxylic acids is 2. The molecule has 0 aromatic heterocycles. The Hall–Kier alpha value is -5.40. The van der Waals surface area contributed by atoms with Crippen LogP contribution in [0.3, 0.4) is 0 Å². The van der Waals surface area contributed by atoms with Crippen LogP contribution in [-0.4, -0.2) is 34.0 Å². The van der Waals surface area contributed by atoms with Crippen molar-refractivity contribution in [3.05, 3.63) is 117 Å². The number of halogens is 6. The molecule has 4 aromatic carbocycles. The Bertz CT molecular complexity index is 1640. The summed E-state index contributed by atoms with van der Waals surface area (Å²) in [5.41, 5.74) is -2.93. The lowest BCUT2D eigenvalue weighted by molar-refractivity contribution is -0.138. The zero-order valence-corrected chi connectivity index (χ0v) is 22.1. The van der Waals surface area contributed by atoms with Crippen LogP contribution in [0, 0.1) is 0 Å². The normalized spacial score (nSPS) is 11.7. The van der Waals surface area contributed by atoms with Gasteiger partial charge in [0.1, 0.15) is 0 Å². The van der Waals surface area contributed by atoms with Crippen molar-refractivity contribution in [3.63, 3.8) is 0 Å². The fourth-order valence-electron chi connectivity index (χ4n) is 4.41. The van der Waals surface area contributed by atoms with Crippen LogP contribution in [0.5, 0.6) is 0 Å². The number of amides is 2. The Balaban J connectivity index is 1.69. The van der Waals surface area contributed by atoms with E-state index in [4.69, 9.17) is 0 Å². The van der Waals surface area contributed by atoms with E-state index in [-0.39, 0.29) is 46.1 Å². The maximum atomic E-state index is 13.2. The second-order valence-electron chi connectivity index (χ2n) is 9.44. The number of hydrogen-bond acceptors (Lipinski definition) is 4.